The van der Waals surface area contributed by atoms with Crippen molar-refractivity contribution in [2.45, 2.75) is 12.2 Å². The number of hydrogen-bond donors (Lipinski definition) is 1. The van der Waals surface area contributed by atoms with E-state index in [9.17, 15) is 17.2 Å². The van der Waals surface area contributed by atoms with Crippen LogP contribution in [0.5, 0.6) is 0 Å². The molecular weight excluding hydrogens is 166 g/mol. The maximum atomic E-state index is 12.1. The smallest absolute Gasteiger partial charge is 0.281 e. The van der Waals surface area contributed by atoms with E-state index in [1.807, 2.05) is 0 Å². The number of rotatable bonds is 2. The molecule has 3 nitrogen and oxygen atoms in total. The molecule has 0 aliphatic heterocycles. The summed E-state index contributed by atoms with van der Waals surface area (Å²) < 4.78 is 51.8. The van der Waals surface area contributed by atoms with E-state index >= 15 is 0 Å². The maximum Gasteiger partial charge on any atom is 0.390 e. The lowest BCUT2D eigenvalue weighted by molar-refractivity contribution is 0.121. The van der Waals surface area contributed by atoms with Crippen LogP contribution < -0.4 is 0 Å². The Labute approximate surface area is 57.1 Å². The van der Waals surface area contributed by atoms with E-state index in [0.717, 1.165) is 6.92 Å². The average Bonchev–Trinajstić information content (AvgIpc) is 1.62. The van der Waals surface area contributed by atoms with Crippen LogP contribution in [0.3, 0.4) is 0 Å². The van der Waals surface area contributed by atoms with Gasteiger partial charge in [0.05, 0.1) is 0 Å². The van der Waals surface area contributed by atoms with Crippen molar-refractivity contribution >= 4 is 10.1 Å². The molecule has 10 heavy (non-hydrogen) atoms. The molecule has 0 aliphatic rings. The molecule has 0 aromatic carbocycles. The van der Waals surface area contributed by atoms with Crippen LogP contribution in [-0.4, -0.2) is 18.2 Å². The fourth-order valence-corrected chi connectivity index (χ4v) is 0.661. The summed E-state index contributed by atoms with van der Waals surface area (Å²) >= 11 is 0. The van der Waals surface area contributed by atoms with E-state index in [1.165, 1.54) is 0 Å². The van der Waals surface area contributed by atoms with Gasteiger partial charge in [-0.3, -0.25) is 4.55 Å². The summed E-state index contributed by atoms with van der Waals surface area (Å²) in [4.78, 5) is 0. The fourth-order valence-electron chi connectivity index (χ4n) is 0.220. The first-order chi connectivity index (χ1) is 4.19. The Morgan fingerprint density at radius 2 is 1.90 bits per heavy atom. The largest absolute Gasteiger partial charge is 0.390 e. The molecule has 0 saturated carbocycles. The molecule has 0 spiro atoms. The Morgan fingerprint density at radius 3 is 1.90 bits per heavy atom. The van der Waals surface area contributed by atoms with Crippen LogP contribution >= 0.6 is 0 Å². The van der Waals surface area contributed by atoms with Gasteiger partial charge in [0.1, 0.15) is 0 Å². The predicted molar refractivity (Wildman–Crippen MR) is 31.3 cm³/mol. The molecule has 6 heteroatoms. The van der Waals surface area contributed by atoms with Crippen molar-refractivity contribution in [2.75, 3.05) is 0 Å². The molecule has 60 valence electrons. The first-order valence-electron chi connectivity index (χ1n) is 2.20. The topological polar surface area (TPSA) is 54.4 Å². The van der Waals surface area contributed by atoms with E-state index in [4.69, 9.17) is 4.55 Å². The minimum Gasteiger partial charge on any atom is -0.281 e. The van der Waals surface area contributed by atoms with Crippen molar-refractivity contribution in [3.05, 3.63) is 12.2 Å². The molecule has 0 fully saturated rings. The Morgan fingerprint density at radius 1 is 1.60 bits per heavy atom. The normalized spacial score (nSPS) is 13.2. The standard InChI is InChI=1S/C4H6F2O3S/c1-3(2)4(5,6)10(7,8)9/h1H2,2H3,(H,7,8,9). The zero-order valence-electron chi connectivity index (χ0n) is 5.13. The van der Waals surface area contributed by atoms with Crippen molar-refractivity contribution < 1.29 is 21.8 Å². The highest BCUT2D eigenvalue weighted by atomic mass is 32.2. The Balaban J connectivity index is 4.95. The summed E-state index contributed by atoms with van der Waals surface area (Å²) in [7, 11) is -5.33. The van der Waals surface area contributed by atoms with Gasteiger partial charge in [-0.1, -0.05) is 6.58 Å². The monoisotopic (exact) mass is 172 g/mol. The third-order valence-corrected chi connectivity index (χ3v) is 1.82. The van der Waals surface area contributed by atoms with Crippen LogP contribution in [0.25, 0.3) is 0 Å². The van der Waals surface area contributed by atoms with Gasteiger partial charge in [-0.15, -0.1) is 0 Å². The summed E-state index contributed by atoms with van der Waals surface area (Å²) in [6.45, 7) is 3.52. The second-order valence-corrected chi connectivity index (χ2v) is 3.24. The maximum absolute atomic E-state index is 12.1. The number of hydrogen-bond acceptors (Lipinski definition) is 2. The SMILES string of the molecule is C=C(C)C(F)(F)S(=O)(=O)O. The summed E-state index contributed by atoms with van der Waals surface area (Å²) in [6, 6.07) is 0. The van der Waals surface area contributed by atoms with Crippen LogP contribution in [0.1, 0.15) is 6.92 Å². The van der Waals surface area contributed by atoms with Crippen LogP contribution in [0.15, 0.2) is 12.2 Å². The number of alkyl halides is 2. The molecule has 0 amide bonds. The fraction of sp³-hybridized carbons (Fsp3) is 0.500. The third kappa shape index (κ3) is 1.51. The second-order valence-electron chi connectivity index (χ2n) is 1.77. The summed E-state index contributed by atoms with van der Waals surface area (Å²) in [6.07, 6.45) is 0. The van der Waals surface area contributed by atoms with E-state index in [-0.39, 0.29) is 0 Å². The Hall–Kier alpha value is -0.490. The van der Waals surface area contributed by atoms with E-state index in [2.05, 4.69) is 6.58 Å². The van der Waals surface area contributed by atoms with E-state index in [0.29, 0.717) is 0 Å². The summed E-state index contributed by atoms with van der Waals surface area (Å²) in [5.74, 6) is 0. The van der Waals surface area contributed by atoms with Crippen molar-refractivity contribution in [3.63, 3.8) is 0 Å². The van der Waals surface area contributed by atoms with Gasteiger partial charge >= 0.3 is 15.4 Å². The molecule has 0 aliphatic carbocycles. The molecule has 0 aromatic rings. The van der Waals surface area contributed by atoms with E-state index in [1.54, 1.807) is 0 Å². The van der Waals surface area contributed by atoms with Gasteiger partial charge in [0.2, 0.25) is 0 Å². The van der Waals surface area contributed by atoms with Gasteiger partial charge < -0.3 is 0 Å². The molecule has 0 rings (SSSR count). The van der Waals surface area contributed by atoms with Crippen molar-refractivity contribution in [3.8, 4) is 0 Å². The minimum absolute atomic E-state index is 0.813. The molecule has 0 radical (unpaired) electrons. The predicted octanol–water partition coefficient (Wildman–Crippen LogP) is 1.04. The van der Waals surface area contributed by atoms with E-state index < -0.39 is 20.9 Å². The molecule has 1 N–H and O–H groups in total. The minimum atomic E-state index is -5.33. The lowest BCUT2D eigenvalue weighted by atomic mass is 10.4. The highest BCUT2D eigenvalue weighted by Gasteiger charge is 2.44. The Bertz CT molecular complexity index is 241. The second kappa shape index (κ2) is 2.28. The summed E-state index contributed by atoms with van der Waals surface area (Å²) in [5.41, 5.74) is -0.907. The lowest BCUT2D eigenvalue weighted by Crippen LogP contribution is -2.28. The molecule has 0 heterocycles. The Kier molecular flexibility index (Phi) is 2.17. The average molecular weight is 172 g/mol. The van der Waals surface area contributed by atoms with Crippen molar-refractivity contribution in [2.24, 2.45) is 0 Å². The van der Waals surface area contributed by atoms with Crippen LogP contribution in [0.2, 0.25) is 0 Å². The molecule has 0 atom stereocenters. The molecule has 0 unspecified atom stereocenters. The molecular formula is C4H6F2O3S. The number of halogens is 2. The zero-order valence-corrected chi connectivity index (χ0v) is 5.95. The first-order valence-corrected chi connectivity index (χ1v) is 3.64. The van der Waals surface area contributed by atoms with Crippen LogP contribution in [0, 0.1) is 0 Å². The first kappa shape index (κ1) is 9.51. The zero-order chi connectivity index (χ0) is 8.58. The van der Waals surface area contributed by atoms with Gasteiger partial charge in [0.25, 0.3) is 0 Å². The van der Waals surface area contributed by atoms with Gasteiger partial charge in [-0.25, -0.2) is 0 Å². The summed E-state index contributed by atoms with van der Waals surface area (Å²) in [5, 5.41) is -4.23. The molecule has 0 saturated heterocycles. The van der Waals surface area contributed by atoms with Crippen LogP contribution in [-0.2, 0) is 10.1 Å². The van der Waals surface area contributed by atoms with Crippen molar-refractivity contribution in [1.82, 2.24) is 0 Å². The van der Waals surface area contributed by atoms with Gasteiger partial charge in [0, 0.05) is 5.57 Å². The molecule has 0 bridgehead atoms. The molecule has 0 aromatic heterocycles. The quantitative estimate of drug-likeness (QED) is 0.500. The highest BCUT2D eigenvalue weighted by Crippen LogP contribution is 2.27. The van der Waals surface area contributed by atoms with Gasteiger partial charge in [0.15, 0.2) is 0 Å². The van der Waals surface area contributed by atoms with Crippen LogP contribution in [0.4, 0.5) is 8.78 Å². The third-order valence-electron chi connectivity index (χ3n) is 0.821. The highest BCUT2D eigenvalue weighted by molar-refractivity contribution is 7.87. The van der Waals surface area contributed by atoms with Gasteiger partial charge in [-0.2, -0.15) is 17.2 Å². The van der Waals surface area contributed by atoms with Gasteiger partial charge in [-0.05, 0) is 6.92 Å². The van der Waals surface area contributed by atoms with Crippen molar-refractivity contribution in [1.29, 1.82) is 0 Å². The lowest BCUT2D eigenvalue weighted by Gasteiger charge is -2.10.